The van der Waals surface area contributed by atoms with Gasteiger partial charge < -0.3 is 29.0 Å². The first-order valence-electron chi connectivity index (χ1n) is 12.9. The first-order chi connectivity index (χ1) is 18.4. The van der Waals surface area contributed by atoms with Gasteiger partial charge in [0.25, 0.3) is 5.91 Å². The van der Waals surface area contributed by atoms with Gasteiger partial charge in [-0.1, -0.05) is 26.0 Å². The molecule has 0 saturated heterocycles. The average molecular weight is 538 g/mol. The van der Waals surface area contributed by atoms with Crippen LogP contribution in [0.15, 0.2) is 36.7 Å². The summed E-state index contributed by atoms with van der Waals surface area (Å²) >= 11 is 0. The molecule has 1 N–H and O–H groups in total. The maximum Gasteiger partial charge on any atom is 0.326 e. The van der Waals surface area contributed by atoms with Crippen molar-refractivity contribution in [2.24, 2.45) is 0 Å². The van der Waals surface area contributed by atoms with Gasteiger partial charge in [-0.05, 0) is 36.1 Å². The Balaban J connectivity index is 1.45. The second-order valence-corrected chi connectivity index (χ2v) is 8.82. The minimum atomic E-state index is -1.50. The molecule has 1 amide bonds. The molecule has 1 aromatic carbocycles. The van der Waals surface area contributed by atoms with Gasteiger partial charge in [0.15, 0.2) is 0 Å². The Morgan fingerprint density at radius 1 is 0.816 bits per heavy atom. The van der Waals surface area contributed by atoms with Crippen LogP contribution in [0.4, 0.5) is 4.39 Å². The minimum Gasteiger partial charge on any atom is -0.377 e. The summed E-state index contributed by atoms with van der Waals surface area (Å²) in [5, 5.41) is 7.32. The van der Waals surface area contributed by atoms with Crippen LogP contribution in [0.1, 0.15) is 54.2 Å². The third-order valence-corrected chi connectivity index (χ3v) is 5.58. The molecule has 0 saturated carbocycles. The van der Waals surface area contributed by atoms with Gasteiger partial charge in [0, 0.05) is 18.3 Å². The fourth-order valence-corrected chi connectivity index (χ4v) is 3.30. The molecule has 0 aliphatic heterocycles. The number of aromatic nitrogens is 2. The van der Waals surface area contributed by atoms with Gasteiger partial charge in [-0.25, -0.2) is 0 Å². The number of ether oxygens (including phenoxy) is 5. The van der Waals surface area contributed by atoms with Crippen molar-refractivity contribution in [2.45, 2.75) is 32.7 Å². The number of nitrogens with zero attached hydrogens (tertiary/aromatic N) is 2. The summed E-state index contributed by atoms with van der Waals surface area (Å²) in [6.45, 7) is 9.49. The van der Waals surface area contributed by atoms with Crippen molar-refractivity contribution in [2.75, 3.05) is 72.6 Å². The van der Waals surface area contributed by atoms with Crippen LogP contribution in [-0.2, 0) is 28.5 Å². The van der Waals surface area contributed by atoms with Crippen LogP contribution in [0.3, 0.4) is 0 Å². The Bertz CT molecular complexity index is 937. The molecule has 0 spiro atoms. The first-order valence-corrected chi connectivity index (χ1v) is 12.9. The number of carbonyl (C=O) groups is 2. The Hall–Kier alpha value is -2.70. The molecule has 1 heterocycles. The molecule has 2 aromatic rings. The summed E-state index contributed by atoms with van der Waals surface area (Å²) in [6, 6.07) is 6.14. The highest BCUT2D eigenvalue weighted by molar-refractivity contribution is 5.94. The van der Waals surface area contributed by atoms with Gasteiger partial charge in [0.2, 0.25) is 0 Å². The summed E-state index contributed by atoms with van der Waals surface area (Å²) < 4.78 is 40.0. The molecule has 0 aliphatic carbocycles. The van der Waals surface area contributed by atoms with Crippen molar-refractivity contribution in [1.82, 2.24) is 15.1 Å². The number of nitrogens with one attached hydrogen (secondary N) is 1. The quantitative estimate of drug-likeness (QED) is 0.191. The SMILES string of the molecule is CC(C)c1cnn(C(C)c2ccc(C(=O)NCCOCCOCCOCCOCCOCC(=O)F)cc2)c1. The number of halogens is 1. The van der Waals surface area contributed by atoms with Crippen LogP contribution < -0.4 is 5.32 Å². The molecule has 38 heavy (non-hydrogen) atoms. The number of benzene rings is 1. The highest BCUT2D eigenvalue weighted by Gasteiger charge is 2.12. The highest BCUT2D eigenvalue weighted by atomic mass is 19.1. The zero-order valence-electron chi connectivity index (χ0n) is 22.5. The fraction of sp³-hybridized carbons (Fsp3) is 0.593. The van der Waals surface area contributed by atoms with Crippen molar-refractivity contribution < 1.29 is 37.7 Å². The summed E-state index contributed by atoms with van der Waals surface area (Å²) in [5.41, 5.74) is 2.88. The summed E-state index contributed by atoms with van der Waals surface area (Å²) in [6.07, 6.45) is 3.97. The van der Waals surface area contributed by atoms with E-state index in [4.69, 9.17) is 23.7 Å². The van der Waals surface area contributed by atoms with E-state index in [1.165, 1.54) is 5.56 Å². The van der Waals surface area contributed by atoms with Crippen LogP contribution in [0.25, 0.3) is 0 Å². The predicted octanol–water partition coefficient (Wildman–Crippen LogP) is 2.92. The zero-order chi connectivity index (χ0) is 27.6. The second kappa shape index (κ2) is 18.5. The maximum absolute atomic E-state index is 12.4. The normalized spacial score (nSPS) is 12.1. The molecular weight excluding hydrogens is 497 g/mol. The molecule has 1 aromatic heterocycles. The van der Waals surface area contributed by atoms with Crippen molar-refractivity contribution in [3.05, 3.63) is 53.3 Å². The van der Waals surface area contributed by atoms with Crippen LogP contribution in [-0.4, -0.2) is 94.3 Å². The molecule has 0 bridgehead atoms. The second-order valence-electron chi connectivity index (χ2n) is 8.82. The molecule has 11 heteroatoms. The molecule has 2 rings (SSSR count). The lowest BCUT2D eigenvalue weighted by Gasteiger charge is -2.13. The third-order valence-electron chi connectivity index (χ3n) is 5.58. The lowest BCUT2D eigenvalue weighted by atomic mass is 10.1. The summed E-state index contributed by atoms with van der Waals surface area (Å²) in [5.74, 6) is 0.286. The average Bonchev–Trinajstić information content (AvgIpc) is 3.41. The van der Waals surface area contributed by atoms with Gasteiger partial charge in [0.05, 0.1) is 71.7 Å². The lowest BCUT2D eigenvalue weighted by molar-refractivity contribution is -0.134. The topological polar surface area (TPSA) is 110 Å². The van der Waals surface area contributed by atoms with Gasteiger partial charge in [-0.15, -0.1) is 0 Å². The third kappa shape index (κ3) is 12.7. The Morgan fingerprint density at radius 2 is 1.34 bits per heavy atom. The monoisotopic (exact) mass is 537 g/mol. The lowest BCUT2D eigenvalue weighted by Crippen LogP contribution is -2.27. The maximum atomic E-state index is 12.4. The Kier molecular flexibility index (Phi) is 15.4. The number of hydrogen-bond donors (Lipinski definition) is 1. The Morgan fingerprint density at radius 3 is 1.84 bits per heavy atom. The molecule has 10 nitrogen and oxygen atoms in total. The van der Waals surface area contributed by atoms with Crippen LogP contribution in [0.5, 0.6) is 0 Å². The van der Waals surface area contributed by atoms with Crippen molar-refractivity contribution in [3.8, 4) is 0 Å². The summed E-state index contributed by atoms with van der Waals surface area (Å²) in [7, 11) is 0. The first kappa shape index (κ1) is 31.5. The van der Waals surface area contributed by atoms with E-state index in [1.54, 1.807) is 0 Å². The van der Waals surface area contributed by atoms with E-state index in [2.05, 4.69) is 37.4 Å². The molecule has 0 fully saturated rings. The fourth-order valence-electron chi connectivity index (χ4n) is 3.30. The van der Waals surface area contributed by atoms with Gasteiger partial charge in [-0.2, -0.15) is 9.49 Å². The number of hydrogen-bond acceptors (Lipinski definition) is 8. The van der Waals surface area contributed by atoms with Gasteiger partial charge in [0.1, 0.15) is 6.61 Å². The van der Waals surface area contributed by atoms with E-state index in [0.717, 1.165) is 5.56 Å². The van der Waals surface area contributed by atoms with Gasteiger partial charge >= 0.3 is 6.04 Å². The molecule has 1 atom stereocenters. The van der Waals surface area contributed by atoms with Crippen LogP contribution in [0.2, 0.25) is 0 Å². The van der Waals surface area contributed by atoms with Crippen LogP contribution in [0, 0.1) is 0 Å². The van der Waals surface area contributed by atoms with E-state index in [9.17, 15) is 14.0 Å². The van der Waals surface area contributed by atoms with E-state index >= 15 is 0 Å². The van der Waals surface area contributed by atoms with Crippen LogP contribution >= 0.6 is 0 Å². The van der Waals surface area contributed by atoms with Crippen molar-refractivity contribution in [1.29, 1.82) is 0 Å². The largest absolute Gasteiger partial charge is 0.377 e. The molecule has 1 unspecified atom stereocenters. The van der Waals surface area contributed by atoms with E-state index in [0.29, 0.717) is 64.3 Å². The number of rotatable bonds is 21. The minimum absolute atomic E-state index is 0.0796. The zero-order valence-corrected chi connectivity index (χ0v) is 22.5. The molecule has 0 radical (unpaired) electrons. The smallest absolute Gasteiger partial charge is 0.326 e. The predicted molar refractivity (Wildman–Crippen MR) is 139 cm³/mol. The van der Waals surface area contributed by atoms with E-state index in [1.807, 2.05) is 35.1 Å². The van der Waals surface area contributed by atoms with E-state index < -0.39 is 12.6 Å². The molecule has 212 valence electrons. The van der Waals surface area contributed by atoms with Gasteiger partial charge in [-0.3, -0.25) is 14.3 Å². The van der Waals surface area contributed by atoms with E-state index in [-0.39, 0.29) is 25.2 Å². The Labute approximate surface area is 223 Å². The molecule has 0 aliphatic rings. The van der Waals surface area contributed by atoms with Crippen molar-refractivity contribution in [3.63, 3.8) is 0 Å². The van der Waals surface area contributed by atoms with Crippen molar-refractivity contribution >= 4 is 11.9 Å². The standard InChI is InChI=1S/C27H40FN3O7/c1-21(2)25-18-30-31(19-25)22(3)23-4-6-24(7-5-23)27(33)29-8-9-34-10-11-35-12-13-36-14-15-37-16-17-38-20-26(28)32/h4-7,18-19,21-22H,8-17,20H2,1-3H3,(H,29,33). The number of amides is 1. The molecular formula is C27H40FN3O7. The summed E-state index contributed by atoms with van der Waals surface area (Å²) in [4.78, 5) is 22.4. The number of carbonyl (C=O) groups excluding carboxylic acids is 2. The highest BCUT2D eigenvalue weighted by Crippen LogP contribution is 2.20.